The van der Waals surface area contributed by atoms with Crippen LogP contribution in [0.15, 0.2) is 33.3 Å². The summed E-state index contributed by atoms with van der Waals surface area (Å²) in [6, 6.07) is 5.56. The smallest absolute Gasteiger partial charge is 0.326 e. The predicted octanol–water partition coefficient (Wildman–Crippen LogP) is 3.55. The van der Waals surface area contributed by atoms with Crippen molar-refractivity contribution in [2.24, 2.45) is 5.41 Å². The zero-order chi connectivity index (χ0) is 19.5. The molecule has 1 aromatic heterocycles. The Morgan fingerprint density at radius 1 is 1.35 bits per heavy atom. The van der Waals surface area contributed by atoms with Crippen LogP contribution < -0.4 is 10.1 Å². The second-order valence-electron chi connectivity index (χ2n) is 6.98. The van der Waals surface area contributed by atoms with E-state index in [0.717, 1.165) is 5.69 Å². The van der Waals surface area contributed by atoms with E-state index in [1.165, 1.54) is 0 Å². The highest BCUT2D eigenvalue weighted by atomic mass is 79.9. The number of rotatable bonds is 6. The molecule has 0 saturated heterocycles. The standard InChI is InChI=1S/C18H21BrN2O5/c1-10-7-12(26-21-10)9-25-14-6-5-11(8-13(14)19)16(22)20-15(17(23)24)18(2,3)4/h5-8,15H,9H2,1-4H3,(H,20,22)(H,23,24)/t15-/m1/s1. The number of ether oxygens (including phenoxy) is 1. The van der Waals surface area contributed by atoms with Gasteiger partial charge in [-0.2, -0.15) is 0 Å². The first kappa shape index (κ1) is 20.0. The summed E-state index contributed by atoms with van der Waals surface area (Å²) in [4.78, 5) is 23.8. The lowest BCUT2D eigenvalue weighted by Gasteiger charge is -2.27. The van der Waals surface area contributed by atoms with Gasteiger partial charge < -0.3 is 19.7 Å². The molecule has 0 aliphatic heterocycles. The van der Waals surface area contributed by atoms with Crippen molar-refractivity contribution in [3.8, 4) is 5.75 Å². The quantitative estimate of drug-likeness (QED) is 0.734. The summed E-state index contributed by atoms with van der Waals surface area (Å²) in [6.45, 7) is 7.28. The normalized spacial score (nSPS) is 12.5. The number of aliphatic carboxylic acids is 1. The number of carbonyl (C=O) groups is 2. The average molecular weight is 425 g/mol. The van der Waals surface area contributed by atoms with Crippen molar-refractivity contribution < 1.29 is 24.0 Å². The molecule has 0 saturated carbocycles. The van der Waals surface area contributed by atoms with Gasteiger partial charge in [0.2, 0.25) is 0 Å². The third kappa shape index (κ3) is 5.08. The Balaban J connectivity index is 2.07. The molecule has 1 aromatic carbocycles. The lowest BCUT2D eigenvalue weighted by Crippen LogP contribution is -2.49. The van der Waals surface area contributed by atoms with Gasteiger partial charge in [0.1, 0.15) is 18.4 Å². The van der Waals surface area contributed by atoms with Crippen molar-refractivity contribution >= 4 is 27.8 Å². The topological polar surface area (TPSA) is 102 Å². The van der Waals surface area contributed by atoms with Crippen LogP contribution in [-0.4, -0.2) is 28.2 Å². The maximum Gasteiger partial charge on any atom is 0.326 e. The molecule has 140 valence electrons. The molecule has 2 N–H and O–H groups in total. The van der Waals surface area contributed by atoms with Crippen molar-refractivity contribution in [3.05, 3.63) is 45.8 Å². The van der Waals surface area contributed by atoms with Crippen LogP contribution in [0.5, 0.6) is 5.75 Å². The van der Waals surface area contributed by atoms with Crippen LogP contribution in [0.25, 0.3) is 0 Å². The third-order valence-corrected chi connectivity index (χ3v) is 4.25. The van der Waals surface area contributed by atoms with Crippen molar-refractivity contribution in [3.63, 3.8) is 0 Å². The molecule has 0 spiro atoms. The Morgan fingerprint density at radius 2 is 2.04 bits per heavy atom. The van der Waals surface area contributed by atoms with E-state index >= 15 is 0 Å². The van der Waals surface area contributed by atoms with Gasteiger partial charge in [0, 0.05) is 11.6 Å². The molecule has 0 fully saturated rings. The van der Waals surface area contributed by atoms with Crippen LogP contribution in [0.3, 0.4) is 0 Å². The van der Waals surface area contributed by atoms with Crippen LogP contribution in [0.2, 0.25) is 0 Å². The van der Waals surface area contributed by atoms with Crippen LogP contribution >= 0.6 is 15.9 Å². The van der Waals surface area contributed by atoms with E-state index in [1.54, 1.807) is 45.0 Å². The maximum absolute atomic E-state index is 12.4. The number of amides is 1. The fraction of sp³-hybridized carbons (Fsp3) is 0.389. The highest BCUT2D eigenvalue weighted by Crippen LogP contribution is 2.27. The molecular formula is C18H21BrN2O5. The molecule has 1 heterocycles. The van der Waals surface area contributed by atoms with Crippen molar-refractivity contribution in [2.75, 3.05) is 0 Å². The average Bonchev–Trinajstić information content (AvgIpc) is 2.95. The molecule has 0 aliphatic carbocycles. The Morgan fingerprint density at radius 3 is 2.54 bits per heavy atom. The largest absolute Gasteiger partial charge is 0.484 e. The number of aromatic nitrogens is 1. The number of nitrogens with zero attached hydrogens (tertiary/aromatic N) is 1. The highest BCUT2D eigenvalue weighted by molar-refractivity contribution is 9.10. The summed E-state index contributed by atoms with van der Waals surface area (Å²) in [5.41, 5.74) is 0.480. The van der Waals surface area contributed by atoms with Crippen LogP contribution in [0, 0.1) is 12.3 Å². The van der Waals surface area contributed by atoms with E-state index in [9.17, 15) is 14.7 Å². The maximum atomic E-state index is 12.4. The minimum Gasteiger partial charge on any atom is -0.484 e. The van der Waals surface area contributed by atoms with Gasteiger partial charge in [-0.3, -0.25) is 4.79 Å². The summed E-state index contributed by atoms with van der Waals surface area (Å²) in [6.07, 6.45) is 0. The molecule has 0 aliphatic rings. The lowest BCUT2D eigenvalue weighted by molar-refractivity contribution is -0.142. The van der Waals surface area contributed by atoms with Crippen molar-refractivity contribution in [1.29, 1.82) is 0 Å². The summed E-state index contributed by atoms with van der Waals surface area (Å²) < 4.78 is 11.3. The number of aryl methyl sites for hydroxylation is 1. The fourth-order valence-corrected chi connectivity index (χ4v) is 2.75. The van der Waals surface area contributed by atoms with E-state index in [2.05, 4.69) is 26.4 Å². The molecule has 0 unspecified atom stereocenters. The zero-order valence-electron chi connectivity index (χ0n) is 15.0. The van der Waals surface area contributed by atoms with E-state index in [4.69, 9.17) is 9.26 Å². The number of halogens is 1. The molecule has 0 radical (unpaired) electrons. The number of carboxylic acids is 1. The summed E-state index contributed by atoms with van der Waals surface area (Å²) in [5, 5.41) is 15.7. The minimum absolute atomic E-state index is 0.204. The Bertz CT molecular complexity index is 810. The predicted molar refractivity (Wildman–Crippen MR) is 98.1 cm³/mol. The Kier molecular flexibility index (Phi) is 6.07. The summed E-state index contributed by atoms with van der Waals surface area (Å²) in [5.74, 6) is -0.426. The van der Waals surface area contributed by atoms with E-state index in [-0.39, 0.29) is 6.61 Å². The van der Waals surface area contributed by atoms with E-state index in [0.29, 0.717) is 21.5 Å². The van der Waals surface area contributed by atoms with Crippen LogP contribution in [0.1, 0.15) is 42.6 Å². The minimum atomic E-state index is -1.08. The Hall–Kier alpha value is -2.35. The van der Waals surface area contributed by atoms with Gasteiger partial charge in [-0.1, -0.05) is 25.9 Å². The van der Waals surface area contributed by atoms with Gasteiger partial charge >= 0.3 is 5.97 Å². The first-order valence-corrected chi connectivity index (χ1v) is 8.75. The molecule has 8 heteroatoms. The van der Waals surface area contributed by atoms with Gasteiger partial charge in [-0.15, -0.1) is 0 Å². The second kappa shape index (κ2) is 7.90. The number of carbonyl (C=O) groups excluding carboxylic acids is 1. The molecule has 1 amide bonds. The summed E-state index contributed by atoms with van der Waals surface area (Å²) >= 11 is 3.36. The molecule has 26 heavy (non-hydrogen) atoms. The van der Waals surface area contributed by atoms with Gasteiger partial charge in [0.15, 0.2) is 5.76 Å². The lowest BCUT2D eigenvalue weighted by atomic mass is 9.86. The SMILES string of the molecule is Cc1cc(COc2ccc(C(=O)N[C@H](C(=O)O)C(C)(C)C)cc2Br)on1. The molecule has 2 rings (SSSR count). The number of nitrogens with one attached hydrogen (secondary N) is 1. The Labute approximate surface area is 159 Å². The highest BCUT2D eigenvalue weighted by Gasteiger charge is 2.32. The molecular weight excluding hydrogens is 404 g/mol. The monoisotopic (exact) mass is 424 g/mol. The first-order valence-electron chi connectivity index (χ1n) is 7.96. The van der Waals surface area contributed by atoms with E-state index in [1.807, 2.05) is 6.92 Å². The van der Waals surface area contributed by atoms with Gasteiger partial charge in [0.25, 0.3) is 5.91 Å². The van der Waals surface area contributed by atoms with E-state index < -0.39 is 23.3 Å². The molecule has 2 aromatic rings. The number of hydrogen-bond donors (Lipinski definition) is 2. The number of hydrogen-bond acceptors (Lipinski definition) is 5. The summed E-state index contributed by atoms with van der Waals surface area (Å²) in [7, 11) is 0. The first-order chi connectivity index (χ1) is 12.1. The molecule has 7 nitrogen and oxygen atoms in total. The van der Waals surface area contributed by atoms with Crippen molar-refractivity contribution in [2.45, 2.75) is 40.3 Å². The van der Waals surface area contributed by atoms with Crippen LogP contribution in [0.4, 0.5) is 0 Å². The van der Waals surface area contributed by atoms with Crippen LogP contribution in [-0.2, 0) is 11.4 Å². The van der Waals surface area contributed by atoms with Gasteiger partial charge in [0.05, 0.1) is 10.2 Å². The third-order valence-electron chi connectivity index (χ3n) is 3.63. The van der Waals surface area contributed by atoms with Gasteiger partial charge in [-0.05, 0) is 46.5 Å². The number of benzene rings is 1. The molecule has 0 bridgehead atoms. The zero-order valence-corrected chi connectivity index (χ0v) is 16.6. The fourth-order valence-electron chi connectivity index (χ4n) is 2.26. The molecule has 1 atom stereocenters. The number of carboxylic acid groups (broad SMARTS) is 1. The second-order valence-corrected chi connectivity index (χ2v) is 7.83. The van der Waals surface area contributed by atoms with Crippen molar-refractivity contribution in [1.82, 2.24) is 10.5 Å². The van der Waals surface area contributed by atoms with Gasteiger partial charge in [-0.25, -0.2) is 4.79 Å².